The minimum Gasteiger partial charge on any atom is -0.320 e. The Kier molecular flexibility index (Phi) is 3.93. The van der Waals surface area contributed by atoms with E-state index in [1.165, 1.54) is 12.1 Å². The molecule has 0 bridgehead atoms. The molecule has 1 aromatic rings. The van der Waals surface area contributed by atoms with Gasteiger partial charge in [-0.2, -0.15) is 0 Å². The van der Waals surface area contributed by atoms with Crippen molar-refractivity contribution in [3.05, 3.63) is 47.4 Å². The number of amides is 3. The standard InChI is InChI=1S/C14H11FN2O4/c1-8(18)17-7-13(20)16-11(14(17)21)6-12(19)9-2-4-10(15)5-3-9/h2-6H,7H2,1H3,(H,16,20)/b11-6-. The summed E-state index contributed by atoms with van der Waals surface area (Å²) in [6.07, 6.45) is 0.919. The van der Waals surface area contributed by atoms with Crippen molar-refractivity contribution in [3.8, 4) is 0 Å². The van der Waals surface area contributed by atoms with Crippen molar-refractivity contribution in [2.75, 3.05) is 6.54 Å². The van der Waals surface area contributed by atoms with Crippen molar-refractivity contribution >= 4 is 23.5 Å². The van der Waals surface area contributed by atoms with E-state index in [-0.39, 0.29) is 17.8 Å². The molecule has 1 heterocycles. The molecule has 3 amide bonds. The Morgan fingerprint density at radius 3 is 2.43 bits per heavy atom. The molecule has 0 spiro atoms. The van der Waals surface area contributed by atoms with Crippen LogP contribution in [0.3, 0.4) is 0 Å². The number of carbonyl (C=O) groups excluding carboxylic acids is 4. The molecule has 7 heteroatoms. The molecular formula is C14H11FN2O4. The number of carbonyl (C=O) groups is 4. The minimum absolute atomic E-state index is 0.158. The monoisotopic (exact) mass is 290 g/mol. The van der Waals surface area contributed by atoms with E-state index in [0.29, 0.717) is 0 Å². The first-order valence-corrected chi connectivity index (χ1v) is 6.02. The first-order valence-electron chi connectivity index (χ1n) is 6.02. The van der Waals surface area contributed by atoms with Crippen molar-refractivity contribution in [2.24, 2.45) is 0 Å². The highest BCUT2D eigenvalue weighted by Gasteiger charge is 2.31. The van der Waals surface area contributed by atoms with Crippen LogP contribution in [0.4, 0.5) is 4.39 Å². The van der Waals surface area contributed by atoms with Crippen molar-refractivity contribution in [1.82, 2.24) is 10.2 Å². The van der Waals surface area contributed by atoms with E-state index >= 15 is 0 Å². The van der Waals surface area contributed by atoms with Crippen LogP contribution in [0, 0.1) is 5.82 Å². The van der Waals surface area contributed by atoms with Crippen LogP contribution in [-0.2, 0) is 14.4 Å². The van der Waals surface area contributed by atoms with E-state index < -0.39 is 29.3 Å². The quantitative estimate of drug-likeness (QED) is 0.631. The molecule has 2 rings (SSSR count). The molecule has 1 N–H and O–H groups in total. The normalized spacial score (nSPS) is 16.9. The van der Waals surface area contributed by atoms with Gasteiger partial charge in [0.05, 0.1) is 0 Å². The van der Waals surface area contributed by atoms with Crippen molar-refractivity contribution in [3.63, 3.8) is 0 Å². The van der Waals surface area contributed by atoms with Gasteiger partial charge in [0.25, 0.3) is 5.91 Å². The lowest BCUT2D eigenvalue weighted by atomic mass is 10.1. The van der Waals surface area contributed by atoms with Crippen LogP contribution in [0.1, 0.15) is 17.3 Å². The van der Waals surface area contributed by atoms with Crippen LogP contribution in [0.25, 0.3) is 0 Å². The number of piperazine rings is 1. The first-order chi connectivity index (χ1) is 9.88. The fourth-order valence-electron chi connectivity index (χ4n) is 1.78. The first kappa shape index (κ1) is 14.6. The molecule has 6 nitrogen and oxygen atoms in total. The molecule has 0 aliphatic carbocycles. The summed E-state index contributed by atoms with van der Waals surface area (Å²) in [6, 6.07) is 4.73. The molecule has 108 valence electrons. The van der Waals surface area contributed by atoms with Gasteiger partial charge in [-0.15, -0.1) is 0 Å². The third-order valence-corrected chi connectivity index (χ3v) is 2.84. The second-order valence-corrected chi connectivity index (χ2v) is 4.39. The number of nitrogens with zero attached hydrogens (tertiary/aromatic N) is 1. The molecule has 1 fully saturated rings. The summed E-state index contributed by atoms with van der Waals surface area (Å²) in [5.74, 6) is -2.98. The zero-order valence-corrected chi connectivity index (χ0v) is 11.1. The lowest BCUT2D eigenvalue weighted by molar-refractivity contribution is -0.147. The second-order valence-electron chi connectivity index (χ2n) is 4.39. The molecule has 0 radical (unpaired) electrons. The SMILES string of the molecule is CC(=O)N1CC(=O)N/C(=C\C(=O)c2ccc(F)cc2)C1=O. The summed E-state index contributed by atoms with van der Waals surface area (Å²) in [5.41, 5.74) is -0.123. The van der Waals surface area contributed by atoms with Gasteiger partial charge in [-0.3, -0.25) is 24.1 Å². The third-order valence-electron chi connectivity index (χ3n) is 2.84. The molecule has 1 aliphatic rings. The molecule has 1 aromatic carbocycles. The molecule has 0 aromatic heterocycles. The summed E-state index contributed by atoms with van der Waals surface area (Å²) in [7, 11) is 0. The number of rotatable bonds is 2. The number of nitrogens with one attached hydrogen (secondary N) is 1. The predicted octanol–water partition coefficient (Wildman–Crippen LogP) is 0.397. The Morgan fingerprint density at radius 1 is 1.24 bits per heavy atom. The van der Waals surface area contributed by atoms with Gasteiger partial charge in [0.15, 0.2) is 5.78 Å². The van der Waals surface area contributed by atoms with Crippen molar-refractivity contribution in [2.45, 2.75) is 6.92 Å². The zero-order valence-electron chi connectivity index (χ0n) is 11.1. The Hall–Kier alpha value is -2.83. The van der Waals surface area contributed by atoms with E-state index in [2.05, 4.69) is 5.32 Å². The summed E-state index contributed by atoms with van der Waals surface area (Å²) >= 11 is 0. The van der Waals surface area contributed by atoms with Crippen LogP contribution in [0.2, 0.25) is 0 Å². The van der Waals surface area contributed by atoms with Gasteiger partial charge in [-0.1, -0.05) is 0 Å². The van der Waals surface area contributed by atoms with Crippen LogP contribution in [0.5, 0.6) is 0 Å². The van der Waals surface area contributed by atoms with Gasteiger partial charge < -0.3 is 5.32 Å². The number of benzene rings is 1. The molecule has 0 atom stereocenters. The van der Waals surface area contributed by atoms with E-state index in [1.54, 1.807) is 0 Å². The third kappa shape index (κ3) is 3.19. The fourth-order valence-corrected chi connectivity index (χ4v) is 1.78. The Bertz CT molecular complexity index is 664. The van der Waals surface area contributed by atoms with Crippen LogP contribution in [-0.4, -0.2) is 34.9 Å². The summed E-state index contributed by atoms with van der Waals surface area (Å²) < 4.78 is 12.8. The van der Waals surface area contributed by atoms with Gasteiger partial charge in [0, 0.05) is 18.6 Å². The van der Waals surface area contributed by atoms with E-state index in [0.717, 1.165) is 30.0 Å². The van der Waals surface area contributed by atoms with E-state index in [4.69, 9.17) is 0 Å². The van der Waals surface area contributed by atoms with Crippen LogP contribution >= 0.6 is 0 Å². The number of allylic oxidation sites excluding steroid dienone is 1. The molecule has 1 saturated heterocycles. The molecule has 0 unspecified atom stereocenters. The fraction of sp³-hybridized carbons (Fsp3) is 0.143. The Morgan fingerprint density at radius 2 is 1.86 bits per heavy atom. The number of ketones is 1. The van der Waals surface area contributed by atoms with Crippen molar-refractivity contribution < 1.29 is 23.6 Å². The van der Waals surface area contributed by atoms with Gasteiger partial charge >= 0.3 is 0 Å². The average molecular weight is 290 g/mol. The second kappa shape index (κ2) is 5.66. The van der Waals surface area contributed by atoms with E-state index in [9.17, 15) is 23.6 Å². The maximum absolute atomic E-state index is 12.8. The zero-order chi connectivity index (χ0) is 15.6. The highest BCUT2D eigenvalue weighted by molar-refractivity contribution is 6.15. The van der Waals surface area contributed by atoms with Gasteiger partial charge in [-0.25, -0.2) is 4.39 Å². The largest absolute Gasteiger partial charge is 0.320 e. The van der Waals surface area contributed by atoms with E-state index in [1.807, 2.05) is 0 Å². The molecule has 21 heavy (non-hydrogen) atoms. The summed E-state index contributed by atoms with van der Waals surface area (Å²) in [5, 5.41) is 2.25. The average Bonchev–Trinajstić information content (AvgIpc) is 2.42. The molecule has 0 saturated carbocycles. The van der Waals surface area contributed by atoms with Crippen LogP contribution < -0.4 is 5.32 Å². The van der Waals surface area contributed by atoms with Crippen LogP contribution in [0.15, 0.2) is 36.0 Å². The van der Waals surface area contributed by atoms with Gasteiger partial charge in [0.1, 0.15) is 18.1 Å². The minimum atomic E-state index is -0.752. The number of hydrogen-bond donors (Lipinski definition) is 1. The maximum Gasteiger partial charge on any atom is 0.277 e. The predicted molar refractivity (Wildman–Crippen MR) is 69.4 cm³/mol. The number of imide groups is 1. The van der Waals surface area contributed by atoms with Gasteiger partial charge in [-0.05, 0) is 24.3 Å². The highest BCUT2D eigenvalue weighted by Crippen LogP contribution is 2.10. The lowest BCUT2D eigenvalue weighted by Gasteiger charge is -2.25. The smallest absolute Gasteiger partial charge is 0.277 e. The summed E-state index contributed by atoms with van der Waals surface area (Å²) in [6.45, 7) is 0.770. The maximum atomic E-state index is 12.8. The highest BCUT2D eigenvalue weighted by atomic mass is 19.1. The Labute approximate surface area is 119 Å². The van der Waals surface area contributed by atoms with Gasteiger partial charge in [0.2, 0.25) is 11.8 Å². The molecular weight excluding hydrogens is 279 g/mol. The lowest BCUT2D eigenvalue weighted by Crippen LogP contribution is -2.51. The molecule has 1 aliphatic heterocycles. The Balaban J connectivity index is 2.28. The number of hydrogen-bond acceptors (Lipinski definition) is 4. The van der Waals surface area contributed by atoms with Crippen molar-refractivity contribution in [1.29, 1.82) is 0 Å². The topological polar surface area (TPSA) is 83.6 Å². The number of halogens is 1. The summed E-state index contributed by atoms with van der Waals surface area (Å²) in [4.78, 5) is 47.3.